The zero-order valence-electron chi connectivity index (χ0n) is 13.8. The molecule has 4 heteroatoms. The van der Waals surface area contributed by atoms with E-state index in [1.165, 1.54) is 5.56 Å². The summed E-state index contributed by atoms with van der Waals surface area (Å²) < 4.78 is 5.28. The fourth-order valence-corrected chi connectivity index (χ4v) is 2.26. The van der Waals surface area contributed by atoms with E-state index in [9.17, 15) is 0 Å². The SMILES string of the molecule is COC(C)Cc1nc(C)c(CCCNC(C)C)c(C)n1. The molecule has 0 saturated carbocycles. The van der Waals surface area contributed by atoms with Crippen molar-refractivity contribution in [3.05, 3.63) is 22.8 Å². The summed E-state index contributed by atoms with van der Waals surface area (Å²) in [7, 11) is 1.72. The van der Waals surface area contributed by atoms with Crippen molar-refractivity contribution in [1.29, 1.82) is 0 Å². The maximum atomic E-state index is 5.28. The number of ether oxygens (including phenoxy) is 1. The molecule has 0 spiro atoms. The fraction of sp³-hybridized carbons (Fsp3) is 0.750. The largest absolute Gasteiger partial charge is 0.381 e. The molecule has 0 aliphatic heterocycles. The van der Waals surface area contributed by atoms with Gasteiger partial charge in [0, 0.05) is 31.0 Å². The summed E-state index contributed by atoms with van der Waals surface area (Å²) >= 11 is 0. The molecule has 0 radical (unpaired) electrons. The smallest absolute Gasteiger partial charge is 0.131 e. The maximum Gasteiger partial charge on any atom is 0.131 e. The van der Waals surface area contributed by atoms with Crippen LogP contribution in [0.15, 0.2) is 0 Å². The van der Waals surface area contributed by atoms with E-state index in [2.05, 4.69) is 43.0 Å². The molecule has 1 heterocycles. The molecule has 1 aromatic rings. The van der Waals surface area contributed by atoms with Crippen molar-refractivity contribution in [2.24, 2.45) is 0 Å². The van der Waals surface area contributed by atoms with Crippen LogP contribution in [0.5, 0.6) is 0 Å². The van der Waals surface area contributed by atoms with Crippen LogP contribution in [0, 0.1) is 13.8 Å². The number of methoxy groups -OCH3 is 1. The number of aromatic nitrogens is 2. The van der Waals surface area contributed by atoms with Crippen molar-refractivity contribution in [1.82, 2.24) is 15.3 Å². The zero-order chi connectivity index (χ0) is 15.1. The quantitative estimate of drug-likeness (QED) is 0.743. The molecule has 0 saturated heterocycles. The second kappa shape index (κ2) is 8.32. The average molecular weight is 279 g/mol. The van der Waals surface area contributed by atoms with Crippen molar-refractivity contribution >= 4 is 0 Å². The number of hydrogen-bond acceptors (Lipinski definition) is 4. The van der Waals surface area contributed by atoms with Gasteiger partial charge in [0.2, 0.25) is 0 Å². The van der Waals surface area contributed by atoms with E-state index in [-0.39, 0.29) is 6.10 Å². The summed E-state index contributed by atoms with van der Waals surface area (Å²) in [5, 5.41) is 3.44. The molecule has 0 amide bonds. The Labute approximate surface area is 123 Å². The van der Waals surface area contributed by atoms with Crippen LogP contribution in [0.3, 0.4) is 0 Å². The number of nitrogens with zero attached hydrogens (tertiary/aromatic N) is 2. The standard InChI is InChI=1S/C16H29N3O/c1-11(2)17-9-7-8-15-13(4)18-16(19-14(15)5)10-12(3)20-6/h11-12,17H,7-10H2,1-6H3. The predicted octanol–water partition coefficient (Wildman–Crippen LogP) is 2.60. The van der Waals surface area contributed by atoms with E-state index >= 15 is 0 Å². The molecule has 0 aliphatic carbocycles. The summed E-state index contributed by atoms with van der Waals surface area (Å²) in [5.74, 6) is 0.887. The summed E-state index contributed by atoms with van der Waals surface area (Å²) in [6.07, 6.45) is 3.09. The molecule has 4 nitrogen and oxygen atoms in total. The first kappa shape index (κ1) is 17.1. The Morgan fingerprint density at radius 3 is 2.20 bits per heavy atom. The van der Waals surface area contributed by atoms with Crippen LogP contribution in [0.1, 0.15) is 50.0 Å². The molecule has 114 valence electrons. The monoisotopic (exact) mass is 279 g/mol. The van der Waals surface area contributed by atoms with Crippen molar-refractivity contribution in [3.8, 4) is 0 Å². The van der Waals surface area contributed by atoms with Gasteiger partial charge in [0.1, 0.15) is 5.82 Å². The molecule has 0 aromatic carbocycles. The predicted molar refractivity (Wildman–Crippen MR) is 83.1 cm³/mol. The number of rotatable bonds is 8. The van der Waals surface area contributed by atoms with E-state index < -0.39 is 0 Å². The van der Waals surface area contributed by atoms with Crippen molar-refractivity contribution in [2.75, 3.05) is 13.7 Å². The highest BCUT2D eigenvalue weighted by atomic mass is 16.5. The Morgan fingerprint density at radius 2 is 1.70 bits per heavy atom. The summed E-state index contributed by atoms with van der Waals surface area (Å²) in [6.45, 7) is 11.6. The molecular formula is C16H29N3O. The minimum atomic E-state index is 0.162. The molecule has 0 fully saturated rings. The average Bonchev–Trinajstić information content (AvgIpc) is 2.36. The zero-order valence-corrected chi connectivity index (χ0v) is 13.8. The third-order valence-electron chi connectivity index (χ3n) is 3.50. The Balaban J connectivity index is 2.64. The van der Waals surface area contributed by atoms with Gasteiger partial charge in [-0.05, 0) is 45.7 Å². The van der Waals surface area contributed by atoms with Gasteiger partial charge in [-0.1, -0.05) is 13.8 Å². The molecular weight excluding hydrogens is 250 g/mol. The van der Waals surface area contributed by atoms with Gasteiger partial charge in [0.15, 0.2) is 0 Å². The molecule has 0 aliphatic rings. The summed E-state index contributed by atoms with van der Waals surface area (Å²) in [4.78, 5) is 9.25. The molecule has 1 N–H and O–H groups in total. The van der Waals surface area contributed by atoms with E-state index in [1.54, 1.807) is 7.11 Å². The lowest BCUT2D eigenvalue weighted by Crippen LogP contribution is -2.24. The van der Waals surface area contributed by atoms with Crippen LogP contribution in [0.4, 0.5) is 0 Å². The number of aryl methyl sites for hydroxylation is 2. The Morgan fingerprint density at radius 1 is 1.10 bits per heavy atom. The first-order valence-corrected chi connectivity index (χ1v) is 7.53. The Hall–Kier alpha value is -1.00. The minimum Gasteiger partial charge on any atom is -0.381 e. The van der Waals surface area contributed by atoms with Gasteiger partial charge in [-0.2, -0.15) is 0 Å². The van der Waals surface area contributed by atoms with Gasteiger partial charge in [0.05, 0.1) is 6.10 Å². The van der Waals surface area contributed by atoms with Crippen LogP contribution >= 0.6 is 0 Å². The van der Waals surface area contributed by atoms with Gasteiger partial charge in [-0.3, -0.25) is 0 Å². The van der Waals surface area contributed by atoms with Gasteiger partial charge in [-0.15, -0.1) is 0 Å². The fourth-order valence-electron chi connectivity index (χ4n) is 2.26. The highest BCUT2D eigenvalue weighted by molar-refractivity contribution is 5.24. The lowest BCUT2D eigenvalue weighted by atomic mass is 10.1. The van der Waals surface area contributed by atoms with E-state index in [4.69, 9.17) is 4.74 Å². The van der Waals surface area contributed by atoms with Crippen molar-refractivity contribution < 1.29 is 4.74 Å². The van der Waals surface area contributed by atoms with Crippen LogP contribution in [-0.4, -0.2) is 35.8 Å². The molecule has 1 aromatic heterocycles. The molecule has 1 unspecified atom stereocenters. The highest BCUT2D eigenvalue weighted by Gasteiger charge is 2.10. The van der Waals surface area contributed by atoms with Crippen LogP contribution < -0.4 is 5.32 Å². The van der Waals surface area contributed by atoms with E-state index in [0.29, 0.717) is 6.04 Å². The lowest BCUT2D eigenvalue weighted by Gasteiger charge is -2.14. The second-order valence-corrected chi connectivity index (χ2v) is 5.75. The Kier molecular flexibility index (Phi) is 7.10. The molecule has 0 bridgehead atoms. The molecule has 1 atom stereocenters. The first-order valence-electron chi connectivity index (χ1n) is 7.53. The van der Waals surface area contributed by atoms with Gasteiger partial charge in [-0.25, -0.2) is 9.97 Å². The summed E-state index contributed by atoms with van der Waals surface area (Å²) in [6, 6.07) is 0.548. The lowest BCUT2D eigenvalue weighted by molar-refractivity contribution is 0.117. The van der Waals surface area contributed by atoms with Crippen LogP contribution in [0.25, 0.3) is 0 Å². The van der Waals surface area contributed by atoms with Crippen LogP contribution in [0.2, 0.25) is 0 Å². The number of hydrogen-bond donors (Lipinski definition) is 1. The third kappa shape index (κ3) is 5.55. The van der Waals surface area contributed by atoms with Crippen molar-refractivity contribution in [2.45, 2.75) is 66.0 Å². The van der Waals surface area contributed by atoms with E-state index in [0.717, 1.165) is 43.0 Å². The minimum absolute atomic E-state index is 0.162. The third-order valence-corrected chi connectivity index (χ3v) is 3.50. The maximum absolute atomic E-state index is 5.28. The van der Waals surface area contributed by atoms with Gasteiger partial charge < -0.3 is 10.1 Å². The van der Waals surface area contributed by atoms with Gasteiger partial charge >= 0.3 is 0 Å². The highest BCUT2D eigenvalue weighted by Crippen LogP contribution is 2.13. The summed E-state index contributed by atoms with van der Waals surface area (Å²) in [5.41, 5.74) is 3.52. The van der Waals surface area contributed by atoms with Crippen molar-refractivity contribution in [3.63, 3.8) is 0 Å². The van der Waals surface area contributed by atoms with Gasteiger partial charge in [0.25, 0.3) is 0 Å². The topological polar surface area (TPSA) is 47.0 Å². The van der Waals surface area contributed by atoms with E-state index in [1.807, 2.05) is 6.92 Å². The first-order chi connectivity index (χ1) is 9.43. The Bertz CT molecular complexity index is 395. The number of nitrogens with one attached hydrogen (secondary N) is 1. The van der Waals surface area contributed by atoms with Crippen LogP contribution in [-0.2, 0) is 17.6 Å². The molecule has 1 rings (SSSR count). The second-order valence-electron chi connectivity index (χ2n) is 5.75. The molecule has 20 heavy (non-hydrogen) atoms. The normalized spacial score (nSPS) is 12.9.